The fourth-order valence-electron chi connectivity index (χ4n) is 0.996. The van der Waals surface area contributed by atoms with E-state index in [1.54, 1.807) is 0 Å². The molecule has 1 aromatic rings. The number of halogens is 1. The van der Waals surface area contributed by atoms with Crippen molar-refractivity contribution in [3.8, 4) is 0 Å². The summed E-state index contributed by atoms with van der Waals surface area (Å²) in [5.41, 5.74) is 2.33. The molecule has 0 N–H and O–H groups in total. The Labute approximate surface area is 65.8 Å². The highest BCUT2D eigenvalue weighted by molar-refractivity contribution is 6.17. The number of hydrogen-bond acceptors (Lipinski definition) is 1. The molecule has 0 aliphatic carbocycles. The maximum absolute atomic E-state index is 5.58. The Balaban J connectivity index is 2.81. The lowest BCUT2D eigenvalue weighted by molar-refractivity contribution is 0.756. The van der Waals surface area contributed by atoms with Gasteiger partial charge in [0, 0.05) is 19.1 Å². The summed E-state index contributed by atoms with van der Waals surface area (Å²) in [6.07, 6.45) is 2.93. The Hall–Kier alpha value is -0.500. The SMILES string of the molecule is Cc1nn(C)cc1CCCl. The third-order valence-corrected chi connectivity index (χ3v) is 1.67. The van der Waals surface area contributed by atoms with Gasteiger partial charge in [-0.25, -0.2) is 0 Å². The van der Waals surface area contributed by atoms with Crippen LogP contribution in [0.2, 0.25) is 0 Å². The van der Waals surface area contributed by atoms with Crippen molar-refractivity contribution < 1.29 is 0 Å². The van der Waals surface area contributed by atoms with E-state index >= 15 is 0 Å². The van der Waals surface area contributed by atoms with Crippen LogP contribution in [0.4, 0.5) is 0 Å². The first-order valence-electron chi connectivity index (χ1n) is 3.29. The van der Waals surface area contributed by atoms with Crippen molar-refractivity contribution >= 4 is 11.6 Å². The van der Waals surface area contributed by atoms with E-state index in [0.717, 1.165) is 12.1 Å². The highest BCUT2D eigenvalue weighted by Crippen LogP contribution is 2.05. The third kappa shape index (κ3) is 1.51. The minimum Gasteiger partial charge on any atom is -0.275 e. The van der Waals surface area contributed by atoms with Crippen molar-refractivity contribution in [2.24, 2.45) is 7.05 Å². The van der Waals surface area contributed by atoms with Crippen LogP contribution in [0, 0.1) is 6.92 Å². The number of nitrogens with zero attached hydrogens (tertiary/aromatic N) is 2. The zero-order chi connectivity index (χ0) is 7.56. The van der Waals surface area contributed by atoms with Gasteiger partial charge in [0.05, 0.1) is 5.69 Å². The summed E-state index contributed by atoms with van der Waals surface area (Å²) in [7, 11) is 1.92. The Bertz CT molecular complexity index is 217. The van der Waals surface area contributed by atoms with Crippen LogP contribution in [-0.4, -0.2) is 15.7 Å². The second-order valence-electron chi connectivity index (χ2n) is 2.35. The van der Waals surface area contributed by atoms with E-state index in [0.29, 0.717) is 5.88 Å². The van der Waals surface area contributed by atoms with Crippen LogP contribution in [-0.2, 0) is 13.5 Å². The van der Waals surface area contributed by atoms with Gasteiger partial charge < -0.3 is 0 Å². The molecule has 0 aromatic carbocycles. The first-order chi connectivity index (χ1) is 4.74. The van der Waals surface area contributed by atoms with Gasteiger partial charge in [-0.1, -0.05) is 0 Å². The molecule has 2 nitrogen and oxygen atoms in total. The molecule has 0 spiro atoms. The second-order valence-corrected chi connectivity index (χ2v) is 2.73. The molecule has 0 aliphatic heterocycles. The summed E-state index contributed by atoms with van der Waals surface area (Å²) in [5, 5.41) is 4.19. The maximum atomic E-state index is 5.58. The Morgan fingerprint density at radius 3 is 2.80 bits per heavy atom. The Morgan fingerprint density at radius 2 is 2.40 bits per heavy atom. The predicted molar refractivity (Wildman–Crippen MR) is 42.4 cm³/mol. The molecule has 3 heteroatoms. The van der Waals surface area contributed by atoms with Crippen LogP contribution in [0.25, 0.3) is 0 Å². The smallest absolute Gasteiger partial charge is 0.0625 e. The fourth-order valence-corrected chi connectivity index (χ4v) is 1.20. The number of rotatable bonds is 2. The molecule has 0 aliphatic rings. The average molecular weight is 159 g/mol. The van der Waals surface area contributed by atoms with Crippen LogP contribution in [0.1, 0.15) is 11.3 Å². The third-order valence-electron chi connectivity index (χ3n) is 1.48. The van der Waals surface area contributed by atoms with Crippen molar-refractivity contribution in [2.45, 2.75) is 13.3 Å². The van der Waals surface area contributed by atoms with Crippen molar-refractivity contribution in [2.75, 3.05) is 5.88 Å². The summed E-state index contributed by atoms with van der Waals surface area (Å²) in [4.78, 5) is 0. The summed E-state index contributed by atoms with van der Waals surface area (Å²) in [6.45, 7) is 2.00. The van der Waals surface area contributed by atoms with Gasteiger partial charge in [-0.05, 0) is 18.9 Å². The van der Waals surface area contributed by atoms with E-state index in [2.05, 4.69) is 5.10 Å². The first-order valence-corrected chi connectivity index (χ1v) is 3.82. The monoisotopic (exact) mass is 158 g/mol. The van der Waals surface area contributed by atoms with Crippen molar-refractivity contribution in [1.82, 2.24) is 9.78 Å². The molecular formula is C7H11ClN2. The quantitative estimate of drug-likeness (QED) is 0.597. The van der Waals surface area contributed by atoms with Crippen LogP contribution in [0.3, 0.4) is 0 Å². The van der Waals surface area contributed by atoms with E-state index in [1.807, 2.05) is 24.9 Å². The Kier molecular flexibility index (Phi) is 2.33. The average Bonchev–Trinajstić information content (AvgIpc) is 2.13. The molecule has 1 aromatic heterocycles. The molecule has 56 valence electrons. The highest BCUT2D eigenvalue weighted by atomic mass is 35.5. The van der Waals surface area contributed by atoms with Gasteiger partial charge in [0.15, 0.2) is 0 Å². The normalized spacial score (nSPS) is 10.3. The summed E-state index contributed by atoms with van der Waals surface area (Å²) in [5.74, 6) is 0.673. The van der Waals surface area contributed by atoms with Crippen LogP contribution < -0.4 is 0 Å². The van der Waals surface area contributed by atoms with E-state index in [4.69, 9.17) is 11.6 Å². The van der Waals surface area contributed by atoms with Crippen LogP contribution in [0.15, 0.2) is 6.20 Å². The Morgan fingerprint density at radius 1 is 1.70 bits per heavy atom. The standard InChI is InChI=1S/C7H11ClN2/c1-6-7(3-4-8)5-10(2)9-6/h5H,3-4H2,1-2H3. The fraction of sp³-hybridized carbons (Fsp3) is 0.571. The zero-order valence-corrected chi connectivity index (χ0v) is 7.02. The van der Waals surface area contributed by atoms with E-state index < -0.39 is 0 Å². The van der Waals surface area contributed by atoms with E-state index in [9.17, 15) is 0 Å². The summed E-state index contributed by atoms with van der Waals surface area (Å²) in [6, 6.07) is 0. The summed E-state index contributed by atoms with van der Waals surface area (Å²) >= 11 is 5.58. The van der Waals surface area contributed by atoms with Gasteiger partial charge in [-0.15, -0.1) is 11.6 Å². The molecule has 0 saturated carbocycles. The first kappa shape index (κ1) is 7.61. The lowest BCUT2D eigenvalue weighted by Crippen LogP contribution is -1.86. The van der Waals surface area contributed by atoms with Gasteiger partial charge in [0.1, 0.15) is 0 Å². The molecule has 0 bridgehead atoms. The topological polar surface area (TPSA) is 17.8 Å². The zero-order valence-electron chi connectivity index (χ0n) is 6.26. The molecule has 0 unspecified atom stereocenters. The van der Waals surface area contributed by atoms with Gasteiger partial charge in [-0.3, -0.25) is 4.68 Å². The molecule has 0 fully saturated rings. The van der Waals surface area contributed by atoms with Gasteiger partial charge >= 0.3 is 0 Å². The molecular weight excluding hydrogens is 148 g/mol. The van der Waals surface area contributed by atoms with Crippen molar-refractivity contribution in [3.63, 3.8) is 0 Å². The lowest BCUT2D eigenvalue weighted by Gasteiger charge is -1.89. The van der Waals surface area contributed by atoms with Crippen molar-refractivity contribution in [3.05, 3.63) is 17.5 Å². The van der Waals surface area contributed by atoms with Crippen LogP contribution in [0.5, 0.6) is 0 Å². The number of aryl methyl sites for hydroxylation is 3. The molecule has 0 radical (unpaired) electrons. The largest absolute Gasteiger partial charge is 0.275 e. The second kappa shape index (κ2) is 3.06. The van der Waals surface area contributed by atoms with Gasteiger partial charge in [0.25, 0.3) is 0 Å². The molecule has 1 heterocycles. The number of alkyl halides is 1. The maximum Gasteiger partial charge on any atom is 0.0625 e. The van der Waals surface area contributed by atoms with Crippen LogP contribution >= 0.6 is 11.6 Å². The molecule has 0 amide bonds. The van der Waals surface area contributed by atoms with Gasteiger partial charge in [0.2, 0.25) is 0 Å². The lowest BCUT2D eigenvalue weighted by atomic mass is 10.2. The van der Waals surface area contributed by atoms with E-state index in [-0.39, 0.29) is 0 Å². The molecule has 1 rings (SSSR count). The predicted octanol–water partition coefficient (Wildman–Crippen LogP) is 1.51. The molecule has 0 saturated heterocycles. The summed E-state index contributed by atoms with van der Waals surface area (Å²) < 4.78 is 1.82. The number of aromatic nitrogens is 2. The van der Waals surface area contributed by atoms with Gasteiger partial charge in [-0.2, -0.15) is 5.10 Å². The molecule has 0 atom stereocenters. The van der Waals surface area contributed by atoms with Crippen molar-refractivity contribution in [1.29, 1.82) is 0 Å². The number of hydrogen-bond donors (Lipinski definition) is 0. The van der Waals surface area contributed by atoms with E-state index in [1.165, 1.54) is 5.56 Å². The minimum atomic E-state index is 0.673. The minimum absolute atomic E-state index is 0.673. The molecule has 10 heavy (non-hydrogen) atoms. The highest BCUT2D eigenvalue weighted by Gasteiger charge is 2.00.